The summed E-state index contributed by atoms with van der Waals surface area (Å²) in [5.74, 6) is -0.0461. The SMILES string of the molecule is COc1ccccc1CC(=O)C1NCC2(CC(=O)O)C3CCC(c4ccccc4)(c4ccccc43)C12. The molecule has 0 radical (unpaired) electrons. The molecule has 7 rings (SSSR count). The number of aliphatic carboxylic acids is 1. The summed E-state index contributed by atoms with van der Waals surface area (Å²) in [7, 11) is 1.62. The number of hydrogen-bond acceptors (Lipinski definition) is 4. The lowest BCUT2D eigenvalue weighted by Gasteiger charge is -2.62. The number of fused-ring (bicyclic) bond motifs is 1. The number of ether oxygens (including phenoxy) is 1. The third-order valence-electron chi connectivity index (χ3n) is 9.15. The quantitative estimate of drug-likeness (QED) is 0.510. The number of carbonyl (C=O) groups excluding carboxylic acids is 1. The molecule has 3 aromatic carbocycles. The van der Waals surface area contributed by atoms with Gasteiger partial charge in [-0.2, -0.15) is 0 Å². The average Bonchev–Trinajstić information content (AvgIpc) is 3.31. The Bertz CT molecular complexity index is 1320. The zero-order valence-electron chi connectivity index (χ0n) is 20.4. The summed E-state index contributed by atoms with van der Waals surface area (Å²) >= 11 is 0. The van der Waals surface area contributed by atoms with E-state index in [1.807, 2.05) is 30.3 Å². The lowest BCUT2D eigenvalue weighted by atomic mass is 9.40. The molecule has 0 spiro atoms. The molecular weight excluding hydrogens is 450 g/mol. The molecule has 1 aliphatic heterocycles. The summed E-state index contributed by atoms with van der Waals surface area (Å²) in [6, 6.07) is 26.2. The van der Waals surface area contributed by atoms with Crippen molar-refractivity contribution in [1.29, 1.82) is 0 Å². The van der Waals surface area contributed by atoms with Gasteiger partial charge in [-0.15, -0.1) is 0 Å². The molecule has 5 heteroatoms. The smallest absolute Gasteiger partial charge is 0.303 e. The van der Waals surface area contributed by atoms with Crippen molar-refractivity contribution in [3.8, 4) is 5.75 Å². The van der Waals surface area contributed by atoms with Gasteiger partial charge >= 0.3 is 5.97 Å². The van der Waals surface area contributed by atoms with Crippen molar-refractivity contribution < 1.29 is 19.4 Å². The van der Waals surface area contributed by atoms with Crippen LogP contribution in [0.3, 0.4) is 0 Å². The number of Topliss-reactive ketones (excluding diaryl/α,β-unsaturated/α-hetero) is 1. The summed E-state index contributed by atoms with van der Waals surface area (Å²) in [5, 5.41) is 13.7. The molecule has 3 aliphatic carbocycles. The molecule has 184 valence electrons. The molecule has 5 nitrogen and oxygen atoms in total. The number of ketones is 1. The molecular formula is C31H31NO4. The first-order valence-corrected chi connectivity index (χ1v) is 12.8. The fourth-order valence-electron chi connectivity index (χ4n) is 8.00. The van der Waals surface area contributed by atoms with Gasteiger partial charge in [-0.1, -0.05) is 72.8 Å². The van der Waals surface area contributed by atoms with Crippen molar-refractivity contribution in [3.05, 3.63) is 101 Å². The van der Waals surface area contributed by atoms with Crippen LogP contribution in [0.15, 0.2) is 78.9 Å². The van der Waals surface area contributed by atoms with Crippen LogP contribution < -0.4 is 10.1 Å². The van der Waals surface area contributed by atoms with E-state index in [2.05, 4.69) is 53.8 Å². The summed E-state index contributed by atoms with van der Waals surface area (Å²) in [4.78, 5) is 26.4. The Kier molecular flexibility index (Phi) is 5.49. The normalized spacial score (nSPS) is 29.9. The summed E-state index contributed by atoms with van der Waals surface area (Å²) < 4.78 is 5.52. The van der Waals surface area contributed by atoms with E-state index in [4.69, 9.17) is 4.74 Å². The zero-order chi connectivity index (χ0) is 24.9. The molecule has 1 saturated carbocycles. The van der Waals surface area contributed by atoms with Crippen LogP contribution in [-0.2, 0) is 21.4 Å². The Morgan fingerprint density at radius 2 is 1.72 bits per heavy atom. The molecule has 36 heavy (non-hydrogen) atoms. The van der Waals surface area contributed by atoms with Gasteiger partial charge in [-0.3, -0.25) is 9.59 Å². The van der Waals surface area contributed by atoms with Gasteiger partial charge in [-0.25, -0.2) is 0 Å². The molecule has 2 fully saturated rings. The van der Waals surface area contributed by atoms with Crippen molar-refractivity contribution in [2.75, 3.05) is 13.7 Å². The van der Waals surface area contributed by atoms with Gasteiger partial charge in [0, 0.05) is 35.3 Å². The van der Waals surface area contributed by atoms with Crippen LogP contribution in [-0.4, -0.2) is 36.6 Å². The van der Waals surface area contributed by atoms with Gasteiger partial charge in [0.15, 0.2) is 5.78 Å². The average molecular weight is 482 g/mol. The maximum absolute atomic E-state index is 14.1. The third kappa shape index (κ3) is 3.19. The van der Waals surface area contributed by atoms with Crippen LogP contribution in [0.5, 0.6) is 5.75 Å². The highest BCUT2D eigenvalue weighted by molar-refractivity contribution is 5.88. The summed E-state index contributed by atoms with van der Waals surface area (Å²) in [6.45, 7) is 0.528. The largest absolute Gasteiger partial charge is 0.496 e. The lowest BCUT2D eigenvalue weighted by Crippen LogP contribution is -2.60. The first-order valence-electron chi connectivity index (χ1n) is 12.8. The molecule has 0 amide bonds. The molecule has 5 unspecified atom stereocenters. The van der Waals surface area contributed by atoms with Crippen molar-refractivity contribution in [3.63, 3.8) is 0 Å². The Hall–Kier alpha value is -3.44. The molecule has 5 atom stereocenters. The predicted molar refractivity (Wildman–Crippen MR) is 137 cm³/mol. The second-order valence-corrected chi connectivity index (χ2v) is 10.6. The highest BCUT2D eigenvalue weighted by Crippen LogP contribution is 2.70. The number of rotatable bonds is 7. The summed E-state index contributed by atoms with van der Waals surface area (Å²) in [5.41, 5.74) is 3.59. The van der Waals surface area contributed by atoms with E-state index in [1.54, 1.807) is 7.11 Å². The Morgan fingerprint density at radius 1 is 1.00 bits per heavy atom. The molecule has 4 aliphatic rings. The highest BCUT2D eigenvalue weighted by atomic mass is 16.5. The highest BCUT2D eigenvalue weighted by Gasteiger charge is 2.69. The van der Waals surface area contributed by atoms with Crippen LogP contribution in [0.25, 0.3) is 0 Å². The van der Waals surface area contributed by atoms with Crippen molar-refractivity contribution in [1.82, 2.24) is 5.32 Å². The molecule has 0 aromatic heterocycles. The molecule has 1 heterocycles. The van der Waals surface area contributed by atoms with Gasteiger partial charge in [0.1, 0.15) is 5.75 Å². The number of para-hydroxylation sites is 1. The van der Waals surface area contributed by atoms with E-state index in [0.29, 0.717) is 12.3 Å². The molecule has 2 bridgehead atoms. The number of carboxylic acid groups (broad SMARTS) is 1. The third-order valence-corrected chi connectivity index (χ3v) is 9.15. The number of carbonyl (C=O) groups is 2. The van der Waals surface area contributed by atoms with E-state index in [0.717, 1.165) is 18.4 Å². The first kappa shape index (κ1) is 23.0. The summed E-state index contributed by atoms with van der Waals surface area (Å²) in [6.07, 6.45) is 2.13. The monoisotopic (exact) mass is 481 g/mol. The molecule has 2 N–H and O–H groups in total. The minimum Gasteiger partial charge on any atom is -0.496 e. The van der Waals surface area contributed by atoms with E-state index < -0.39 is 22.8 Å². The van der Waals surface area contributed by atoms with Gasteiger partial charge in [0.2, 0.25) is 0 Å². The predicted octanol–water partition coefficient (Wildman–Crippen LogP) is 4.73. The van der Waals surface area contributed by atoms with Crippen molar-refractivity contribution in [2.45, 2.75) is 43.1 Å². The van der Waals surface area contributed by atoms with Crippen LogP contribution in [0.1, 0.15) is 47.4 Å². The Balaban J connectivity index is 1.53. The fourth-order valence-corrected chi connectivity index (χ4v) is 8.00. The van der Waals surface area contributed by atoms with Crippen LogP contribution in [0.2, 0.25) is 0 Å². The molecule has 3 aromatic rings. The lowest BCUT2D eigenvalue weighted by molar-refractivity contribution is -0.143. The van der Waals surface area contributed by atoms with Crippen molar-refractivity contribution >= 4 is 11.8 Å². The minimum atomic E-state index is -0.798. The van der Waals surface area contributed by atoms with E-state index in [1.165, 1.54) is 16.7 Å². The van der Waals surface area contributed by atoms with E-state index in [-0.39, 0.29) is 30.5 Å². The standard InChI is InChI=1S/C31H31NO4/c1-36-26-14-8-5-9-20(26)17-25(33)28-29-30(19-32-28,18-27(34)35)23-15-16-31(29,21-10-3-2-4-11-21)24-13-7-6-12-22(23)24/h2-14,23,28-29,32H,15-19H2,1H3,(H,34,35). The van der Waals surface area contributed by atoms with Crippen molar-refractivity contribution in [2.24, 2.45) is 11.3 Å². The number of benzene rings is 3. The van der Waals surface area contributed by atoms with E-state index in [9.17, 15) is 14.7 Å². The van der Waals surface area contributed by atoms with Crippen LogP contribution in [0.4, 0.5) is 0 Å². The fraction of sp³-hybridized carbons (Fsp3) is 0.355. The zero-order valence-corrected chi connectivity index (χ0v) is 20.4. The van der Waals surface area contributed by atoms with Gasteiger partial charge < -0.3 is 15.2 Å². The maximum atomic E-state index is 14.1. The minimum absolute atomic E-state index is 0.0523. The maximum Gasteiger partial charge on any atom is 0.303 e. The van der Waals surface area contributed by atoms with Gasteiger partial charge in [-0.05, 0) is 41.5 Å². The topological polar surface area (TPSA) is 75.6 Å². The van der Waals surface area contributed by atoms with Gasteiger partial charge in [0.05, 0.1) is 19.6 Å². The molecule has 1 saturated heterocycles. The Morgan fingerprint density at radius 3 is 2.50 bits per heavy atom. The van der Waals surface area contributed by atoms with Crippen LogP contribution in [0, 0.1) is 11.3 Å². The number of carboxylic acids is 1. The number of hydrogen-bond donors (Lipinski definition) is 2. The van der Waals surface area contributed by atoms with Crippen LogP contribution >= 0.6 is 0 Å². The number of nitrogens with one attached hydrogen (secondary N) is 1. The Labute approximate surface area is 211 Å². The number of methoxy groups -OCH3 is 1. The van der Waals surface area contributed by atoms with Gasteiger partial charge in [0.25, 0.3) is 0 Å². The second-order valence-electron chi connectivity index (χ2n) is 10.6. The second kappa shape index (κ2) is 8.59. The van der Waals surface area contributed by atoms with E-state index >= 15 is 0 Å². The first-order chi connectivity index (χ1) is 17.5.